The topological polar surface area (TPSA) is 87.6 Å². The minimum atomic E-state index is -1.15. The van der Waals surface area contributed by atoms with E-state index in [0.29, 0.717) is 3.79 Å². The summed E-state index contributed by atoms with van der Waals surface area (Å²) in [6.07, 6.45) is 1.49. The summed E-state index contributed by atoms with van der Waals surface area (Å²) < 4.78 is 0.690. The summed E-state index contributed by atoms with van der Waals surface area (Å²) in [6, 6.07) is 3.86. The van der Waals surface area contributed by atoms with E-state index in [1.54, 1.807) is 0 Å². The fraction of sp³-hybridized carbons (Fsp3) is 0. The molecule has 0 unspecified atom stereocenters. The maximum atomic E-state index is 12.3. The first-order valence-corrected chi connectivity index (χ1v) is 6.97. The molecule has 0 saturated carbocycles. The summed E-state index contributed by atoms with van der Waals surface area (Å²) in [6.45, 7) is 0. The van der Waals surface area contributed by atoms with Crippen LogP contribution in [0, 0.1) is 0 Å². The molecule has 1 aliphatic heterocycles. The van der Waals surface area contributed by atoms with Crippen molar-refractivity contribution >= 4 is 50.2 Å². The van der Waals surface area contributed by atoms with Crippen LogP contribution in [0.15, 0.2) is 28.2 Å². The number of amides is 2. The number of hydrogen-bond acceptors (Lipinski definition) is 5. The highest BCUT2D eigenvalue weighted by Crippen LogP contribution is 2.33. The Kier molecular flexibility index (Phi) is 2.91. The fourth-order valence-corrected chi connectivity index (χ4v) is 3.08. The maximum absolute atomic E-state index is 12.3. The highest BCUT2D eigenvalue weighted by atomic mass is 79.9. The Morgan fingerprint density at radius 2 is 1.95 bits per heavy atom. The van der Waals surface area contributed by atoms with Gasteiger partial charge in [0.1, 0.15) is 0 Å². The van der Waals surface area contributed by atoms with Crippen LogP contribution in [0.4, 0.5) is 5.13 Å². The number of anilines is 1. The second-order valence-electron chi connectivity index (χ2n) is 3.96. The molecule has 0 aliphatic carbocycles. The van der Waals surface area contributed by atoms with Gasteiger partial charge in [0.15, 0.2) is 0 Å². The summed E-state index contributed by atoms with van der Waals surface area (Å²) in [4.78, 5) is 40.3. The van der Waals surface area contributed by atoms with Gasteiger partial charge in [0.25, 0.3) is 11.8 Å². The van der Waals surface area contributed by atoms with Gasteiger partial charge in [0.2, 0.25) is 5.13 Å². The molecule has 1 N–H and O–H groups in total. The minimum absolute atomic E-state index is 0.0351. The van der Waals surface area contributed by atoms with Crippen LogP contribution in [-0.4, -0.2) is 27.9 Å². The van der Waals surface area contributed by atoms with Gasteiger partial charge in [-0.1, -0.05) is 11.3 Å². The van der Waals surface area contributed by atoms with Crippen LogP contribution in [0.3, 0.4) is 0 Å². The molecule has 6 nitrogen and oxygen atoms in total. The van der Waals surface area contributed by atoms with Crippen LogP contribution in [0.25, 0.3) is 0 Å². The SMILES string of the molecule is O=C(O)c1ccc2c(c1)C(=O)N(c1ncc(Br)s1)C2=O. The first kappa shape index (κ1) is 12.9. The highest BCUT2D eigenvalue weighted by molar-refractivity contribution is 9.11. The molecule has 2 amide bonds. The van der Waals surface area contributed by atoms with Gasteiger partial charge < -0.3 is 5.11 Å². The van der Waals surface area contributed by atoms with Crippen LogP contribution in [-0.2, 0) is 0 Å². The predicted octanol–water partition coefficient (Wildman–Crippen LogP) is 2.40. The Morgan fingerprint density at radius 3 is 2.55 bits per heavy atom. The quantitative estimate of drug-likeness (QED) is 0.838. The first-order valence-electron chi connectivity index (χ1n) is 5.36. The molecular formula is C12H5BrN2O4S. The number of benzene rings is 1. The summed E-state index contributed by atoms with van der Waals surface area (Å²) >= 11 is 4.36. The van der Waals surface area contributed by atoms with Crippen molar-refractivity contribution in [3.8, 4) is 0 Å². The number of hydrogen-bond donors (Lipinski definition) is 1. The van der Waals surface area contributed by atoms with Crippen molar-refractivity contribution in [1.82, 2.24) is 4.98 Å². The number of aromatic nitrogens is 1. The van der Waals surface area contributed by atoms with Crippen LogP contribution in [0.5, 0.6) is 0 Å². The largest absolute Gasteiger partial charge is 0.478 e. The Balaban J connectivity index is 2.10. The van der Waals surface area contributed by atoms with Crippen molar-refractivity contribution in [2.75, 3.05) is 4.90 Å². The van der Waals surface area contributed by atoms with E-state index in [9.17, 15) is 14.4 Å². The molecule has 0 fully saturated rings. The number of imide groups is 1. The number of carboxylic acids is 1. The Morgan fingerprint density at radius 1 is 1.25 bits per heavy atom. The zero-order valence-electron chi connectivity index (χ0n) is 9.66. The summed E-state index contributed by atoms with van der Waals surface area (Å²) in [5.74, 6) is -2.21. The second kappa shape index (κ2) is 4.50. The monoisotopic (exact) mass is 352 g/mol. The molecule has 8 heteroatoms. The van der Waals surface area contributed by atoms with E-state index in [-0.39, 0.29) is 21.8 Å². The van der Waals surface area contributed by atoms with E-state index in [2.05, 4.69) is 20.9 Å². The highest BCUT2D eigenvalue weighted by Gasteiger charge is 2.38. The average molecular weight is 353 g/mol. The van der Waals surface area contributed by atoms with Gasteiger partial charge in [-0.2, -0.15) is 0 Å². The van der Waals surface area contributed by atoms with E-state index in [1.165, 1.54) is 24.4 Å². The van der Waals surface area contributed by atoms with E-state index in [4.69, 9.17) is 5.11 Å². The average Bonchev–Trinajstić information content (AvgIpc) is 2.93. The van der Waals surface area contributed by atoms with Crippen molar-refractivity contribution in [3.63, 3.8) is 0 Å². The van der Waals surface area contributed by atoms with Crippen molar-refractivity contribution in [2.24, 2.45) is 0 Å². The third-order valence-corrected chi connectivity index (χ3v) is 4.25. The summed E-state index contributed by atoms with van der Waals surface area (Å²) in [5, 5.41) is 9.18. The first-order chi connectivity index (χ1) is 9.49. The molecule has 3 rings (SSSR count). The molecule has 1 aliphatic rings. The molecule has 0 spiro atoms. The van der Waals surface area contributed by atoms with Crippen molar-refractivity contribution in [3.05, 3.63) is 44.9 Å². The Labute approximate surface area is 124 Å². The molecule has 0 atom stereocenters. The van der Waals surface area contributed by atoms with Gasteiger partial charge in [-0.25, -0.2) is 14.7 Å². The van der Waals surface area contributed by atoms with Crippen LogP contribution in [0.1, 0.15) is 31.1 Å². The number of carboxylic acid groups (broad SMARTS) is 1. The number of nitrogens with zero attached hydrogens (tertiary/aromatic N) is 2. The molecule has 1 aromatic carbocycles. The van der Waals surface area contributed by atoms with Crippen LogP contribution in [0.2, 0.25) is 0 Å². The van der Waals surface area contributed by atoms with Gasteiger partial charge in [-0.05, 0) is 34.1 Å². The van der Waals surface area contributed by atoms with E-state index < -0.39 is 17.8 Å². The molecule has 0 radical (unpaired) electrons. The number of halogens is 1. The van der Waals surface area contributed by atoms with Crippen molar-refractivity contribution < 1.29 is 19.5 Å². The normalized spacial score (nSPS) is 13.8. The molecule has 0 bridgehead atoms. The minimum Gasteiger partial charge on any atom is -0.478 e. The molecule has 20 heavy (non-hydrogen) atoms. The summed E-state index contributed by atoms with van der Waals surface area (Å²) in [5.41, 5.74) is 0.236. The van der Waals surface area contributed by atoms with Gasteiger partial charge in [0, 0.05) is 0 Å². The number of rotatable bonds is 2. The van der Waals surface area contributed by atoms with Crippen LogP contribution >= 0.6 is 27.3 Å². The number of carbonyl (C=O) groups is 3. The van der Waals surface area contributed by atoms with E-state index in [0.717, 1.165) is 16.2 Å². The summed E-state index contributed by atoms with van der Waals surface area (Å²) in [7, 11) is 0. The van der Waals surface area contributed by atoms with Crippen molar-refractivity contribution in [1.29, 1.82) is 0 Å². The molecular weight excluding hydrogens is 348 g/mol. The second-order valence-corrected chi connectivity index (χ2v) is 6.35. The third-order valence-electron chi connectivity index (χ3n) is 2.79. The van der Waals surface area contributed by atoms with Gasteiger partial charge >= 0.3 is 5.97 Å². The lowest BCUT2D eigenvalue weighted by molar-refractivity contribution is 0.0696. The Hall–Kier alpha value is -2.06. The lowest BCUT2D eigenvalue weighted by Crippen LogP contribution is -2.29. The smallest absolute Gasteiger partial charge is 0.335 e. The zero-order valence-corrected chi connectivity index (χ0v) is 12.1. The van der Waals surface area contributed by atoms with Crippen molar-refractivity contribution in [2.45, 2.75) is 0 Å². The molecule has 1 aromatic heterocycles. The van der Waals surface area contributed by atoms with Gasteiger partial charge in [-0.15, -0.1) is 0 Å². The molecule has 100 valence electrons. The van der Waals surface area contributed by atoms with E-state index >= 15 is 0 Å². The van der Waals surface area contributed by atoms with Gasteiger partial charge in [0.05, 0.1) is 26.7 Å². The van der Waals surface area contributed by atoms with E-state index in [1.807, 2.05) is 0 Å². The zero-order chi connectivity index (χ0) is 14.4. The third kappa shape index (κ3) is 1.84. The predicted molar refractivity (Wildman–Crippen MR) is 74.4 cm³/mol. The number of carbonyl (C=O) groups excluding carboxylic acids is 2. The molecule has 2 aromatic rings. The number of fused-ring (bicyclic) bond motifs is 1. The lowest BCUT2D eigenvalue weighted by Gasteiger charge is -2.08. The number of thiazole rings is 1. The Bertz CT molecular complexity index is 771. The number of aromatic carboxylic acids is 1. The van der Waals surface area contributed by atoms with Gasteiger partial charge in [-0.3, -0.25) is 9.59 Å². The van der Waals surface area contributed by atoms with Crippen LogP contribution < -0.4 is 4.90 Å². The fourth-order valence-electron chi connectivity index (χ4n) is 1.90. The lowest BCUT2D eigenvalue weighted by atomic mass is 10.1. The standard InChI is InChI=1S/C12H5BrN2O4S/c13-8-4-14-12(20-8)15-9(16)6-2-1-5(11(18)19)3-7(6)10(15)17/h1-4H,(H,18,19). The molecule has 0 saturated heterocycles. The maximum Gasteiger partial charge on any atom is 0.335 e. The molecule has 2 heterocycles.